The number of amides is 1. The maximum Gasteiger partial charge on any atom is 0.347 e. The third-order valence-electron chi connectivity index (χ3n) is 4.04. The fraction of sp³-hybridized carbons (Fsp3) is 0.250. The normalized spacial score (nSPS) is 13.5. The van der Waals surface area contributed by atoms with Gasteiger partial charge in [0.2, 0.25) is 13.4 Å². The Morgan fingerprint density at radius 2 is 2.00 bits per heavy atom. The zero-order chi connectivity index (χ0) is 21.7. The minimum absolute atomic E-state index is 0.0264. The number of fused-ring (bicyclic) bond motifs is 1. The number of rotatable bonds is 7. The van der Waals surface area contributed by atoms with Crippen LogP contribution in [-0.2, 0) is 19.2 Å². The SMILES string of the molecule is C/C(=N\OCC(=O)OC(C)C(=O)Nc1ccc(F)cc1Cl)c1ccc2c(c1)OCO2. The van der Waals surface area contributed by atoms with Gasteiger partial charge in [-0.05, 0) is 50.2 Å². The van der Waals surface area contributed by atoms with Gasteiger partial charge in [-0.15, -0.1) is 0 Å². The number of nitrogens with zero attached hydrogens (tertiary/aromatic N) is 1. The first kappa shape index (κ1) is 21.4. The van der Waals surface area contributed by atoms with E-state index in [-0.39, 0.29) is 17.5 Å². The van der Waals surface area contributed by atoms with Crippen molar-refractivity contribution in [3.63, 3.8) is 0 Å². The van der Waals surface area contributed by atoms with Crippen LogP contribution in [0.1, 0.15) is 19.4 Å². The number of nitrogens with one attached hydrogen (secondary N) is 1. The Morgan fingerprint density at radius 3 is 2.77 bits per heavy atom. The van der Waals surface area contributed by atoms with Gasteiger partial charge in [0, 0.05) is 5.56 Å². The minimum Gasteiger partial charge on any atom is -0.454 e. The van der Waals surface area contributed by atoms with Crippen LogP contribution in [0, 0.1) is 5.82 Å². The van der Waals surface area contributed by atoms with Gasteiger partial charge in [0.25, 0.3) is 5.91 Å². The van der Waals surface area contributed by atoms with Crippen LogP contribution in [0.25, 0.3) is 0 Å². The second-order valence-corrected chi connectivity index (χ2v) is 6.67. The van der Waals surface area contributed by atoms with Crippen molar-refractivity contribution < 1.29 is 33.0 Å². The lowest BCUT2D eigenvalue weighted by Gasteiger charge is -2.14. The van der Waals surface area contributed by atoms with E-state index >= 15 is 0 Å². The molecule has 0 radical (unpaired) electrons. The first-order chi connectivity index (χ1) is 14.3. The smallest absolute Gasteiger partial charge is 0.347 e. The molecule has 2 aromatic carbocycles. The quantitative estimate of drug-likeness (QED) is 0.405. The van der Waals surface area contributed by atoms with Gasteiger partial charge in [-0.3, -0.25) is 4.79 Å². The van der Waals surface area contributed by atoms with Crippen molar-refractivity contribution in [3.05, 3.63) is 52.8 Å². The summed E-state index contributed by atoms with van der Waals surface area (Å²) in [5.41, 5.74) is 1.44. The number of benzene rings is 2. The summed E-state index contributed by atoms with van der Waals surface area (Å²) in [6.07, 6.45) is -1.12. The van der Waals surface area contributed by atoms with Gasteiger partial charge in [-0.25, -0.2) is 9.18 Å². The van der Waals surface area contributed by atoms with E-state index in [0.717, 1.165) is 17.7 Å². The zero-order valence-corrected chi connectivity index (χ0v) is 16.9. The lowest BCUT2D eigenvalue weighted by atomic mass is 10.1. The van der Waals surface area contributed by atoms with Gasteiger partial charge in [-0.1, -0.05) is 16.8 Å². The van der Waals surface area contributed by atoms with E-state index < -0.39 is 30.4 Å². The number of carbonyl (C=O) groups is 2. The molecule has 158 valence electrons. The third-order valence-corrected chi connectivity index (χ3v) is 4.35. The largest absolute Gasteiger partial charge is 0.454 e. The Bertz CT molecular complexity index is 997. The molecule has 0 fully saturated rings. The predicted molar refractivity (Wildman–Crippen MR) is 106 cm³/mol. The number of anilines is 1. The summed E-state index contributed by atoms with van der Waals surface area (Å²) in [6.45, 7) is 2.75. The molecule has 0 bridgehead atoms. The van der Waals surface area contributed by atoms with E-state index in [4.69, 9.17) is 30.6 Å². The summed E-state index contributed by atoms with van der Waals surface area (Å²) in [5.74, 6) is -0.707. The van der Waals surface area contributed by atoms with E-state index in [1.807, 2.05) is 0 Å². The molecule has 10 heteroatoms. The van der Waals surface area contributed by atoms with Crippen molar-refractivity contribution in [2.24, 2.45) is 5.16 Å². The first-order valence-corrected chi connectivity index (χ1v) is 9.23. The molecule has 0 spiro atoms. The average Bonchev–Trinajstić information content (AvgIpc) is 3.17. The van der Waals surface area contributed by atoms with E-state index in [1.54, 1.807) is 25.1 Å². The molecule has 8 nitrogen and oxygen atoms in total. The highest BCUT2D eigenvalue weighted by Crippen LogP contribution is 2.32. The highest BCUT2D eigenvalue weighted by molar-refractivity contribution is 6.33. The van der Waals surface area contributed by atoms with Crippen molar-refractivity contribution in [3.8, 4) is 11.5 Å². The van der Waals surface area contributed by atoms with Crippen molar-refractivity contribution in [1.29, 1.82) is 0 Å². The summed E-state index contributed by atoms with van der Waals surface area (Å²) < 4.78 is 28.6. The molecule has 2 aromatic rings. The Labute approximate surface area is 176 Å². The van der Waals surface area contributed by atoms with Crippen molar-refractivity contribution in [1.82, 2.24) is 0 Å². The highest BCUT2D eigenvalue weighted by atomic mass is 35.5. The zero-order valence-electron chi connectivity index (χ0n) is 16.1. The minimum atomic E-state index is -1.12. The summed E-state index contributed by atoms with van der Waals surface area (Å²) in [5, 5.41) is 6.35. The van der Waals surface area contributed by atoms with Crippen molar-refractivity contribution in [2.45, 2.75) is 20.0 Å². The molecule has 1 amide bonds. The number of hydrogen-bond acceptors (Lipinski definition) is 7. The molecule has 0 aromatic heterocycles. The molecule has 1 heterocycles. The van der Waals surface area contributed by atoms with E-state index in [0.29, 0.717) is 17.2 Å². The van der Waals surface area contributed by atoms with Crippen LogP contribution >= 0.6 is 11.6 Å². The molecular weight excluding hydrogens is 419 g/mol. The second-order valence-electron chi connectivity index (χ2n) is 6.26. The van der Waals surface area contributed by atoms with Crippen LogP contribution in [0.5, 0.6) is 11.5 Å². The van der Waals surface area contributed by atoms with E-state index in [9.17, 15) is 14.0 Å². The highest BCUT2D eigenvalue weighted by Gasteiger charge is 2.19. The molecule has 0 saturated heterocycles. The third kappa shape index (κ3) is 5.38. The van der Waals surface area contributed by atoms with Crippen LogP contribution in [0.2, 0.25) is 5.02 Å². The number of ether oxygens (including phenoxy) is 3. The van der Waals surface area contributed by atoms with Crippen LogP contribution < -0.4 is 14.8 Å². The molecule has 1 atom stereocenters. The topological polar surface area (TPSA) is 95.5 Å². The Balaban J connectivity index is 1.47. The maximum absolute atomic E-state index is 13.1. The number of esters is 1. The first-order valence-electron chi connectivity index (χ1n) is 8.85. The Kier molecular flexibility index (Phi) is 6.73. The number of halogens is 2. The van der Waals surface area contributed by atoms with E-state index in [1.165, 1.54) is 13.0 Å². The van der Waals surface area contributed by atoms with Gasteiger partial charge in [0.05, 0.1) is 16.4 Å². The predicted octanol–water partition coefficient (Wildman–Crippen LogP) is 3.52. The summed E-state index contributed by atoms with van der Waals surface area (Å²) in [4.78, 5) is 29.0. The average molecular weight is 437 g/mol. The molecule has 1 unspecified atom stereocenters. The van der Waals surface area contributed by atoms with Crippen molar-refractivity contribution in [2.75, 3.05) is 18.7 Å². The fourth-order valence-electron chi connectivity index (χ4n) is 2.47. The number of oxime groups is 1. The molecule has 3 rings (SSSR count). The molecule has 1 N–H and O–H groups in total. The van der Waals surface area contributed by atoms with E-state index in [2.05, 4.69) is 10.5 Å². The summed E-state index contributed by atoms with van der Waals surface area (Å²) in [6, 6.07) is 8.78. The number of carbonyl (C=O) groups excluding carboxylic acids is 2. The molecule has 0 saturated carbocycles. The van der Waals surface area contributed by atoms with Crippen LogP contribution in [0.4, 0.5) is 10.1 Å². The van der Waals surface area contributed by atoms with Gasteiger partial charge in [0.15, 0.2) is 17.6 Å². The number of hydrogen-bond donors (Lipinski definition) is 1. The lowest BCUT2D eigenvalue weighted by molar-refractivity contribution is -0.157. The van der Waals surface area contributed by atoms with Gasteiger partial charge >= 0.3 is 5.97 Å². The van der Waals surface area contributed by atoms with Gasteiger partial charge in [-0.2, -0.15) is 0 Å². The maximum atomic E-state index is 13.1. The van der Waals surface area contributed by atoms with Gasteiger partial charge in [0.1, 0.15) is 5.82 Å². The Hall–Kier alpha value is -3.33. The fourth-order valence-corrected chi connectivity index (χ4v) is 2.68. The van der Waals surface area contributed by atoms with Crippen molar-refractivity contribution >= 4 is 34.9 Å². The standard InChI is InChI=1S/C20H18ClFN2O6/c1-11(13-3-6-17-18(7-13)28-10-27-17)24-29-9-19(25)30-12(2)20(26)23-16-5-4-14(22)8-15(16)21/h3-8,12H,9-10H2,1-2H3,(H,23,26)/b24-11+. The molecule has 1 aliphatic rings. The Morgan fingerprint density at radius 1 is 1.23 bits per heavy atom. The summed E-state index contributed by atoms with van der Waals surface area (Å²) in [7, 11) is 0. The molecular formula is C20H18ClFN2O6. The second kappa shape index (κ2) is 9.45. The molecule has 0 aliphatic carbocycles. The monoisotopic (exact) mass is 436 g/mol. The lowest BCUT2D eigenvalue weighted by Crippen LogP contribution is -2.31. The molecule has 1 aliphatic heterocycles. The van der Waals surface area contributed by atoms with Gasteiger partial charge < -0.3 is 24.4 Å². The van der Waals surface area contributed by atoms with Crippen LogP contribution in [0.3, 0.4) is 0 Å². The van der Waals surface area contributed by atoms with Crippen LogP contribution in [-0.4, -0.2) is 37.1 Å². The summed E-state index contributed by atoms with van der Waals surface area (Å²) >= 11 is 5.85. The molecule has 30 heavy (non-hydrogen) atoms. The van der Waals surface area contributed by atoms with Crippen LogP contribution in [0.15, 0.2) is 41.6 Å².